The summed E-state index contributed by atoms with van der Waals surface area (Å²) < 4.78 is 16.4. The number of halogens is 1. The molecule has 1 aromatic heterocycles. The number of nitrogens with one attached hydrogen (secondary N) is 1. The van der Waals surface area contributed by atoms with Crippen molar-refractivity contribution < 1.29 is 9.18 Å². The minimum Gasteiger partial charge on any atom is -0.367 e. The fourth-order valence-corrected chi connectivity index (χ4v) is 5.71. The standard InChI is InChI=1S/C30H37FN4O/c1-22-8-13-28-25(20-22)21-23(2)35(28)26-11-9-24(10-12-26)30(36)32-14-5-15-33-16-18-34(19-17-33)29-7-4-3-6-27(29)31/h3-4,6-7,9-12,21-22H,5,8,13-20H2,1-2H3,(H,32,36). The number of piperazine rings is 1. The monoisotopic (exact) mass is 488 g/mol. The maximum atomic E-state index is 14.0. The summed E-state index contributed by atoms with van der Waals surface area (Å²) in [5, 5.41) is 3.07. The predicted octanol–water partition coefficient (Wildman–Crippen LogP) is 4.99. The van der Waals surface area contributed by atoms with Crippen molar-refractivity contribution in [1.29, 1.82) is 0 Å². The highest BCUT2D eigenvalue weighted by molar-refractivity contribution is 5.94. The quantitative estimate of drug-likeness (QED) is 0.476. The Balaban J connectivity index is 1.08. The van der Waals surface area contributed by atoms with E-state index in [2.05, 4.69) is 51.7 Å². The SMILES string of the molecule is Cc1cc2c(n1-c1ccc(C(=O)NCCCN3CCN(c4ccccc4F)CC3)cc1)CCC(C)C2. The molecule has 36 heavy (non-hydrogen) atoms. The van der Waals surface area contributed by atoms with Gasteiger partial charge in [-0.25, -0.2) is 4.39 Å². The third-order valence-electron chi connectivity index (χ3n) is 7.71. The summed E-state index contributed by atoms with van der Waals surface area (Å²) in [6.45, 7) is 9.54. The van der Waals surface area contributed by atoms with Crippen LogP contribution in [0.15, 0.2) is 54.6 Å². The van der Waals surface area contributed by atoms with Crippen LogP contribution in [0.2, 0.25) is 0 Å². The number of amides is 1. The van der Waals surface area contributed by atoms with Crippen molar-refractivity contribution in [3.8, 4) is 5.69 Å². The first-order valence-corrected chi connectivity index (χ1v) is 13.3. The van der Waals surface area contributed by atoms with Gasteiger partial charge in [-0.05, 0) is 93.1 Å². The van der Waals surface area contributed by atoms with Crippen molar-refractivity contribution in [2.45, 2.75) is 39.5 Å². The van der Waals surface area contributed by atoms with Crippen LogP contribution in [0.4, 0.5) is 10.1 Å². The average Bonchev–Trinajstić information content (AvgIpc) is 3.22. The average molecular weight is 489 g/mol. The number of carbonyl (C=O) groups is 1. The lowest BCUT2D eigenvalue weighted by Crippen LogP contribution is -2.47. The Morgan fingerprint density at radius 2 is 1.81 bits per heavy atom. The number of hydrogen-bond donors (Lipinski definition) is 1. The third-order valence-corrected chi connectivity index (χ3v) is 7.71. The molecule has 2 heterocycles. The molecule has 2 aliphatic rings. The molecule has 2 aromatic carbocycles. The highest BCUT2D eigenvalue weighted by Gasteiger charge is 2.22. The number of aryl methyl sites for hydroxylation is 1. The Kier molecular flexibility index (Phi) is 7.42. The summed E-state index contributed by atoms with van der Waals surface area (Å²) in [6.07, 6.45) is 4.41. The zero-order valence-electron chi connectivity index (χ0n) is 21.5. The van der Waals surface area contributed by atoms with Gasteiger partial charge in [0.1, 0.15) is 5.82 Å². The molecule has 5 rings (SSSR count). The van der Waals surface area contributed by atoms with E-state index < -0.39 is 0 Å². The Bertz CT molecular complexity index is 1190. The molecule has 0 radical (unpaired) electrons. The van der Waals surface area contributed by atoms with Crippen LogP contribution >= 0.6 is 0 Å². The number of para-hydroxylation sites is 1. The van der Waals surface area contributed by atoms with Crippen LogP contribution in [0.25, 0.3) is 5.69 Å². The van der Waals surface area contributed by atoms with Crippen LogP contribution in [0.3, 0.4) is 0 Å². The van der Waals surface area contributed by atoms with E-state index in [0.717, 1.165) is 63.6 Å². The first-order valence-electron chi connectivity index (χ1n) is 13.3. The Hall–Kier alpha value is -3.12. The number of nitrogens with zero attached hydrogens (tertiary/aromatic N) is 3. The lowest BCUT2D eigenvalue weighted by Gasteiger charge is -2.36. The van der Waals surface area contributed by atoms with E-state index in [-0.39, 0.29) is 11.7 Å². The molecule has 1 unspecified atom stereocenters. The summed E-state index contributed by atoms with van der Waals surface area (Å²) in [6, 6.07) is 17.3. The van der Waals surface area contributed by atoms with Gasteiger partial charge in [-0.1, -0.05) is 19.1 Å². The molecule has 1 aliphatic carbocycles. The van der Waals surface area contributed by atoms with Gasteiger partial charge >= 0.3 is 0 Å². The number of carbonyl (C=O) groups excluding carboxylic acids is 1. The van der Waals surface area contributed by atoms with Gasteiger partial charge in [-0.15, -0.1) is 0 Å². The molecular weight excluding hydrogens is 451 g/mol. The molecule has 0 spiro atoms. The summed E-state index contributed by atoms with van der Waals surface area (Å²) >= 11 is 0. The van der Waals surface area contributed by atoms with Crippen LogP contribution < -0.4 is 10.2 Å². The Morgan fingerprint density at radius 1 is 1.06 bits per heavy atom. The normalized spacial score (nSPS) is 18.2. The lowest BCUT2D eigenvalue weighted by atomic mass is 9.89. The van der Waals surface area contributed by atoms with Crippen molar-refractivity contribution in [2.24, 2.45) is 5.92 Å². The zero-order chi connectivity index (χ0) is 25.1. The maximum absolute atomic E-state index is 14.0. The fourth-order valence-electron chi connectivity index (χ4n) is 5.71. The largest absolute Gasteiger partial charge is 0.367 e. The predicted molar refractivity (Wildman–Crippen MR) is 144 cm³/mol. The van der Waals surface area contributed by atoms with Crippen LogP contribution in [-0.4, -0.2) is 54.6 Å². The second kappa shape index (κ2) is 10.9. The highest BCUT2D eigenvalue weighted by Crippen LogP contribution is 2.30. The molecule has 0 bridgehead atoms. The van der Waals surface area contributed by atoms with Crippen molar-refractivity contribution in [2.75, 3.05) is 44.2 Å². The van der Waals surface area contributed by atoms with E-state index in [9.17, 15) is 9.18 Å². The minimum absolute atomic E-state index is 0.0222. The molecular formula is C30H37FN4O. The molecule has 1 saturated heterocycles. The van der Waals surface area contributed by atoms with E-state index >= 15 is 0 Å². The van der Waals surface area contributed by atoms with Crippen LogP contribution in [0.1, 0.15) is 47.1 Å². The van der Waals surface area contributed by atoms with Gasteiger partial charge in [0.25, 0.3) is 5.91 Å². The Labute approximate surface area is 213 Å². The molecule has 3 aromatic rings. The first-order chi connectivity index (χ1) is 17.5. The fraction of sp³-hybridized carbons (Fsp3) is 0.433. The second-order valence-corrected chi connectivity index (χ2v) is 10.4. The number of fused-ring (bicyclic) bond motifs is 1. The highest BCUT2D eigenvalue weighted by atomic mass is 19.1. The topological polar surface area (TPSA) is 40.5 Å². The number of aromatic nitrogens is 1. The van der Waals surface area contributed by atoms with Crippen molar-refractivity contribution in [3.63, 3.8) is 0 Å². The molecule has 1 atom stereocenters. The van der Waals surface area contributed by atoms with Gasteiger partial charge in [0.05, 0.1) is 5.69 Å². The molecule has 1 amide bonds. The van der Waals surface area contributed by atoms with Gasteiger partial charge in [-0.2, -0.15) is 0 Å². The third kappa shape index (κ3) is 5.34. The number of anilines is 1. The molecule has 190 valence electrons. The summed E-state index contributed by atoms with van der Waals surface area (Å²) in [5.41, 5.74) is 6.69. The Morgan fingerprint density at radius 3 is 2.56 bits per heavy atom. The maximum Gasteiger partial charge on any atom is 0.251 e. The molecule has 1 N–H and O–H groups in total. The minimum atomic E-state index is -0.154. The molecule has 1 fully saturated rings. The first kappa shape index (κ1) is 24.6. The van der Waals surface area contributed by atoms with Gasteiger partial charge in [0.15, 0.2) is 0 Å². The van der Waals surface area contributed by atoms with Crippen molar-refractivity contribution in [1.82, 2.24) is 14.8 Å². The van der Waals surface area contributed by atoms with Gasteiger partial charge in [-0.3, -0.25) is 9.69 Å². The molecule has 5 nitrogen and oxygen atoms in total. The van der Waals surface area contributed by atoms with Crippen LogP contribution in [-0.2, 0) is 12.8 Å². The number of benzene rings is 2. The van der Waals surface area contributed by atoms with Gasteiger partial charge in [0.2, 0.25) is 0 Å². The molecule has 0 saturated carbocycles. The summed E-state index contributed by atoms with van der Waals surface area (Å²) in [4.78, 5) is 17.2. The van der Waals surface area contributed by atoms with Crippen molar-refractivity contribution in [3.05, 3.63) is 82.9 Å². The second-order valence-electron chi connectivity index (χ2n) is 10.4. The lowest BCUT2D eigenvalue weighted by molar-refractivity contribution is 0.0951. The van der Waals surface area contributed by atoms with E-state index in [1.165, 1.54) is 29.4 Å². The molecule has 6 heteroatoms. The van der Waals surface area contributed by atoms with Crippen LogP contribution in [0, 0.1) is 18.7 Å². The van der Waals surface area contributed by atoms with E-state index in [1.54, 1.807) is 6.07 Å². The summed E-state index contributed by atoms with van der Waals surface area (Å²) in [7, 11) is 0. The van der Waals surface area contributed by atoms with E-state index in [4.69, 9.17) is 0 Å². The van der Waals surface area contributed by atoms with E-state index in [1.807, 2.05) is 24.3 Å². The van der Waals surface area contributed by atoms with Crippen LogP contribution in [0.5, 0.6) is 0 Å². The van der Waals surface area contributed by atoms with Crippen molar-refractivity contribution >= 4 is 11.6 Å². The van der Waals surface area contributed by atoms with Gasteiger partial charge in [0, 0.05) is 55.4 Å². The smallest absolute Gasteiger partial charge is 0.251 e. The summed E-state index contributed by atoms with van der Waals surface area (Å²) in [5.74, 6) is 0.576. The zero-order valence-corrected chi connectivity index (χ0v) is 21.5. The number of hydrogen-bond acceptors (Lipinski definition) is 3. The van der Waals surface area contributed by atoms with Gasteiger partial charge < -0.3 is 14.8 Å². The number of rotatable bonds is 7. The van der Waals surface area contributed by atoms with E-state index in [0.29, 0.717) is 17.8 Å². The molecule has 1 aliphatic heterocycles.